The molecule has 1 fully saturated rings. The fourth-order valence-electron chi connectivity index (χ4n) is 15.6. The van der Waals surface area contributed by atoms with Crippen LogP contribution in [0.15, 0.2) is 72.8 Å². The van der Waals surface area contributed by atoms with Gasteiger partial charge >= 0.3 is 0 Å². The molecule has 48 heavy (non-hydrogen) atoms. The number of aromatic nitrogens is 4. The summed E-state index contributed by atoms with van der Waals surface area (Å²) in [7, 11) is 0. The van der Waals surface area contributed by atoms with E-state index in [-0.39, 0.29) is 0 Å². The number of hydrogen-bond acceptors (Lipinski definition) is 0. The van der Waals surface area contributed by atoms with Gasteiger partial charge in [0.2, 0.25) is 13.4 Å². The van der Waals surface area contributed by atoms with Gasteiger partial charge in [-0.3, -0.25) is 0 Å². The maximum atomic E-state index is 2.99. The second-order valence-electron chi connectivity index (χ2n) is 17.0. The zero-order chi connectivity index (χ0) is 29.3. The molecule has 6 atom stereocenters. The fraction of sp³-hybridized carbons (Fsp3) is 0.143. The summed E-state index contributed by atoms with van der Waals surface area (Å²) in [6.45, 7) is 0.921. The first kappa shape index (κ1) is 20.1. The average molecular weight is 600 g/mol. The molecule has 212 valence electrons. The van der Waals surface area contributed by atoms with Crippen LogP contribution in [0.2, 0.25) is 11.6 Å². The minimum Gasteiger partial charge on any atom is -0.334 e. The van der Waals surface area contributed by atoms with E-state index in [1.54, 1.807) is 43.9 Å². The summed E-state index contributed by atoms with van der Waals surface area (Å²) >= 11 is 0. The summed E-state index contributed by atoms with van der Waals surface area (Å²) in [5.41, 5.74) is 25.1. The summed E-state index contributed by atoms with van der Waals surface area (Å²) < 4.78 is 12.0. The van der Waals surface area contributed by atoms with Gasteiger partial charge in [-0.2, -0.15) is 0 Å². The third kappa shape index (κ3) is 1.36. The summed E-state index contributed by atoms with van der Waals surface area (Å²) in [4.78, 5) is 0. The average Bonchev–Trinajstić information content (AvgIpc) is 3.94. The lowest BCUT2D eigenvalue weighted by Crippen LogP contribution is -2.66. The van der Waals surface area contributed by atoms with Gasteiger partial charge in [-0.05, 0) is 55.7 Å². The molecule has 19 rings (SSSR count). The summed E-state index contributed by atoms with van der Waals surface area (Å²) in [6.07, 6.45) is 0. The zero-order valence-corrected chi connectivity index (χ0v) is 25.3. The lowest BCUT2D eigenvalue weighted by molar-refractivity contribution is 0.136. The van der Waals surface area contributed by atoms with E-state index in [0.29, 0.717) is 49.2 Å². The molecular weight excluding hydrogens is 582 g/mol. The Morgan fingerprint density at radius 1 is 0.292 bits per heavy atom. The van der Waals surface area contributed by atoms with Crippen molar-refractivity contribution in [2.45, 2.75) is 35.8 Å². The van der Waals surface area contributed by atoms with E-state index in [4.69, 9.17) is 0 Å². The van der Waals surface area contributed by atoms with Crippen LogP contribution in [-0.2, 0) is 0 Å². The number of rotatable bonds is 0. The Labute approximate surface area is 270 Å². The molecular formula is C42H18B2N4. The van der Waals surface area contributed by atoms with Gasteiger partial charge in [0.05, 0.1) is 46.2 Å². The third-order valence-corrected chi connectivity index (χ3v) is 16.3. The van der Waals surface area contributed by atoms with Crippen molar-refractivity contribution >= 4 is 123 Å². The van der Waals surface area contributed by atoms with Crippen LogP contribution in [0.3, 0.4) is 0 Å². The Balaban J connectivity index is 1.25. The Morgan fingerprint density at radius 3 is 0.792 bits per heavy atom. The molecule has 0 N–H and O–H groups in total. The second kappa shape index (κ2) is 5.24. The smallest absolute Gasteiger partial charge is 0.223 e. The van der Waals surface area contributed by atoms with E-state index >= 15 is 0 Å². The monoisotopic (exact) mass is 600 g/mol. The van der Waals surface area contributed by atoms with Gasteiger partial charge in [-0.15, -0.1) is 0 Å². The molecule has 1 saturated carbocycles. The van der Waals surface area contributed by atoms with Crippen molar-refractivity contribution in [1.29, 1.82) is 0 Å². The minimum absolute atomic E-state index is 0.447. The molecule has 1 aliphatic carbocycles. The van der Waals surface area contributed by atoms with Gasteiger partial charge in [0.25, 0.3) is 0 Å². The Morgan fingerprint density at radius 2 is 0.521 bits per heavy atom. The van der Waals surface area contributed by atoms with Crippen LogP contribution >= 0.6 is 0 Å². The van der Waals surface area contributed by atoms with E-state index in [1.165, 1.54) is 87.4 Å². The van der Waals surface area contributed by atoms with E-state index in [1.807, 2.05) is 0 Å². The number of hydrogen-bond donors (Lipinski definition) is 0. The molecule has 8 aliphatic heterocycles. The highest BCUT2D eigenvalue weighted by molar-refractivity contribution is 6.96. The number of nitrogens with zero attached hydrogens (tertiary/aromatic N) is 4. The molecule has 0 saturated heterocycles. The molecule has 4 nitrogen and oxygen atoms in total. The van der Waals surface area contributed by atoms with Crippen LogP contribution in [0, 0.1) is 0 Å². The molecule has 10 aromatic rings. The van der Waals surface area contributed by atoms with Gasteiger partial charge in [0.1, 0.15) is 0 Å². The molecule has 0 radical (unpaired) electrons. The van der Waals surface area contributed by atoms with Crippen molar-refractivity contribution in [2.24, 2.45) is 0 Å². The number of fused-ring (bicyclic) bond motifs is 6. The Kier molecular flexibility index (Phi) is 2.19. The van der Waals surface area contributed by atoms with Gasteiger partial charge in [-0.25, -0.2) is 0 Å². The van der Waals surface area contributed by atoms with Crippen molar-refractivity contribution < 1.29 is 0 Å². The van der Waals surface area contributed by atoms with Gasteiger partial charge < -0.3 is 18.3 Å². The Bertz CT molecular complexity index is 3170. The number of benzene rings is 6. The first-order valence-corrected chi connectivity index (χ1v) is 18.1. The largest absolute Gasteiger partial charge is 0.334 e. The van der Waals surface area contributed by atoms with Crippen LogP contribution in [0.25, 0.3) is 109 Å². The second-order valence-corrected chi connectivity index (χ2v) is 17.0. The first-order valence-electron chi connectivity index (χ1n) is 18.1. The highest BCUT2D eigenvalue weighted by atomic mass is 15.3. The SMILES string of the molecule is c1cc2c3ccc4c5ccc6c7c5n5c4c3n3c2c2c1-c1ccc4c8ccc9c%10ccc-6c6c%10n%10c9c8n8c4c1B2C1C3C5C(B76)[C@H]%10C18. The third-order valence-electron chi connectivity index (χ3n) is 16.3. The lowest BCUT2D eigenvalue weighted by Gasteiger charge is -2.62. The van der Waals surface area contributed by atoms with E-state index in [0.717, 1.165) is 0 Å². The van der Waals surface area contributed by atoms with Gasteiger partial charge in [-0.1, -0.05) is 72.8 Å². The lowest BCUT2D eigenvalue weighted by atomic mass is 9.23. The molecule has 0 amide bonds. The predicted molar refractivity (Wildman–Crippen MR) is 197 cm³/mol. The van der Waals surface area contributed by atoms with E-state index < -0.39 is 0 Å². The molecule has 0 bridgehead atoms. The molecule has 9 aliphatic rings. The molecule has 5 unspecified atom stereocenters. The molecule has 12 heterocycles. The van der Waals surface area contributed by atoms with Crippen molar-refractivity contribution in [3.8, 4) is 22.3 Å². The van der Waals surface area contributed by atoms with Crippen molar-refractivity contribution in [2.75, 3.05) is 0 Å². The van der Waals surface area contributed by atoms with Crippen molar-refractivity contribution in [1.82, 2.24) is 18.3 Å². The predicted octanol–water partition coefficient (Wildman–Crippen LogP) is 6.60. The standard InChI is InChI=1S/C42H18B2N4/c1-5-17-21-9-10-22-19-7-3-15-16-4-8-20-24-12-11-23-18-6-2-14-13(1)25-31(17)45-35(21)36(22)47-33(19)27(15)44-28(16)34(20)48-38(24)37(23)46-32(18)26(14)43(25)29-39(45)41(47)30(44)42(48)40(29)46/h1-12,29-30,39-42H/t29?,30?,39-,40?,41?,42?/m0/s1. The van der Waals surface area contributed by atoms with Crippen LogP contribution in [0.4, 0.5) is 0 Å². The summed E-state index contributed by atoms with van der Waals surface area (Å²) in [5.74, 6) is 1.05. The van der Waals surface area contributed by atoms with E-state index in [2.05, 4.69) is 91.1 Å². The maximum Gasteiger partial charge on any atom is 0.223 e. The molecule has 0 spiro atoms. The topological polar surface area (TPSA) is 19.7 Å². The highest BCUT2D eigenvalue weighted by Gasteiger charge is 2.70. The van der Waals surface area contributed by atoms with E-state index in [9.17, 15) is 0 Å². The quantitative estimate of drug-likeness (QED) is 0.175. The molecule has 6 aromatic carbocycles. The van der Waals surface area contributed by atoms with Crippen LogP contribution < -0.4 is 21.9 Å². The summed E-state index contributed by atoms with van der Waals surface area (Å²) in [6, 6.07) is 31.8. The first-order chi connectivity index (χ1) is 23.9. The van der Waals surface area contributed by atoms with Gasteiger partial charge in [0, 0.05) is 65.2 Å². The van der Waals surface area contributed by atoms with Crippen molar-refractivity contribution in [3.05, 3.63) is 72.8 Å². The van der Waals surface area contributed by atoms with Gasteiger partial charge in [0.15, 0.2) is 0 Å². The minimum atomic E-state index is 0.447. The van der Waals surface area contributed by atoms with Crippen LogP contribution in [0.5, 0.6) is 0 Å². The van der Waals surface area contributed by atoms with Crippen LogP contribution in [-0.4, -0.2) is 31.7 Å². The normalized spacial score (nSPS) is 27.5. The van der Waals surface area contributed by atoms with Crippen molar-refractivity contribution in [3.63, 3.8) is 0 Å². The molecule has 6 heteroatoms. The fourth-order valence-corrected chi connectivity index (χ4v) is 15.6. The van der Waals surface area contributed by atoms with Crippen LogP contribution in [0.1, 0.15) is 24.2 Å². The Hall–Kier alpha value is -5.35. The highest BCUT2D eigenvalue weighted by Crippen LogP contribution is 2.73. The zero-order valence-electron chi connectivity index (χ0n) is 25.3. The molecule has 4 aromatic heterocycles. The summed E-state index contributed by atoms with van der Waals surface area (Å²) in [5, 5.41) is 11.8. The maximum absolute atomic E-state index is 2.99.